The molecule has 3 rings (SSSR count). The highest BCUT2D eigenvalue weighted by Gasteiger charge is 2.40. The van der Waals surface area contributed by atoms with E-state index in [1.54, 1.807) is 0 Å². The molecular weight excluding hydrogens is 258 g/mol. The monoisotopic (exact) mass is 285 g/mol. The zero-order valence-electron chi connectivity index (χ0n) is 12.0. The molecule has 1 N–H and O–H groups in total. The number of nitrogens with one attached hydrogen (secondary N) is 1. The molecule has 0 aromatic rings. The van der Waals surface area contributed by atoms with Crippen LogP contribution in [0.15, 0.2) is 0 Å². The van der Waals surface area contributed by atoms with E-state index in [1.807, 2.05) is 0 Å². The zero-order chi connectivity index (χ0) is 13.1. The van der Waals surface area contributed by atoms with Crippen LogP contribution >= 0.6 is 11.6 Å². The van der Waals surface area contributed by atoms with Crippen molar-refractivity contribution in [2.45, 2.75) is 81.3 Å². The third-order valence-electron chi connectivity index (χ3n) is 5.39. The first-order valence-corrected chi connectivity index (χ1v) is 8.72. The first-order valence-electron chi connectivity index (χ1n) is 8.28. The molecule has 3 unspecified atom stereocenters. The molecule has 3 fully saturated rings. The van der Waals surface area contributed by atoms with E-state index in [4.69, 9.17) is 16.3 Å². The minimum atomic E-state index is 0.277. The van der Waals surface area contributed by atoms with Crippen molar-refractivity contribution in [3.63, 3.8) is 0 Å². The zero-order valence-corrected chi connectivity index (χ0v) is 12.8. The van der Waals surface area contributed by atoms with Crippen LogP contribution in [0.2, 0.25) is 0 Å². The average molecular weight is 286 g/mol. The highest BCUT2D eigenvalue weighted by atomic mass is 35.5. The van der Waals surface area contributed by atoms with Crippen LogP contribution in [-0.2, 0) is 4.74 Å². The molecule has 2 aliphatic carbocycles. The van der Waals surface area contributed by atoms with E-state index < -0.39 is 0 Å². The highest BCUT2D eigenvalue weighted by Crippen LogP contribution is 2.41. The molecular formula is C16H28ClNO. The van der Waals surface area contributed by atoms with E-state index in [2.05, 4.69) is 5.32 Å². The van der Waals surface area contributed by atoms with Gasteiger partial charge < -0.3 is 10.1 Å². The molecule has 3 atom stereocenters. The maximum absolute atomic E-state index is 6.39. The van der Waals surface area contributed by atoms with Gasteiger partial charge in [-0.2, -0.15) is 0 Å². The largest absolute Gasteiger partial charge is 0.370 e. The Kier molecular flexibility index (Phi) is 4.71. The first-order chi connectivity index (χ1) is 9.26. The Morgan fingerprint density at radius 2 is 1.84 bits per heavy atom. The molecule has 0 radical (unpaired) electrons. The van der Waals surface area contributed by atoms with E-state index in [0.29, 0.717) is 11.5 Å². The molecule has 2 nitrogen and oxygen atoms in total. The summed E-state index contributed by atoms with van der Waals surface area (Å²) in [6.07, 6.45) is 13.5. The van der Waals surface area contributed by atoms with E-state index >= 15 is 0 Å². The van der Waals surface area contributed by atoms with Crippen molar-refractivity contribution in [2.24, 2.45) is 5.92 Å². The van der Waals surface area contributed by atoms with E-state index in [0.717, 1.165) is 19.0 Å². The standard InChI is InChI=1S/C16H28ClNO/c17-14-5-4-13(10-14)11-18-12-15-6-9-16(19-15)7-2-1-3-8-16/h13-15,18H,1-12H2. The Labute approximate surface area is 122 Å². The summed E-state index contributed by atoms with van der Waals surface area (Å²) < 4.78 is 6.39. The van der Waals surface area contributed by atoms with Gasteiger partial charge in [-0.05, 0) is 57.4 Å². The lowest BCUT2D eigenvalue weighted by Gasteiger charge is -2.33. The third kappa shape index (κ3) is 3.65. The van der Waals surface area contributed by atoms with Crippen LogP contribution < -0.4 is 5.32 Å². The first kappa shape index (κ1) is 14.2. The van der Waals surface area contributed by atoms with Gasteiger partial charge in [-0.3, -0.25) is 0 Å². The highest BCUT2D eigenvalue weighted by molar-refractivity contribution is 6.20. The van der Waals surface area contributed by atoms with Gasteiger partial charge in [0, 0.05) is 11.9 Å². The summed E-state index contributed by atoms with van der Waals surface area (Å²) in [5.74, 6) is 0.799. The molecule has 0 aromatic heterocycles. The van der Waals surface area contributed by atoms with Gasteiger partial charge in [0.05, 0.1) is 11.7 Å². The van der Waals surface area contributed by atoms with Crippen LogP contribution in [0, 0.1) is 5.92 Å². The number of hydrogen-bond donors (Lipinski definition) is 1. The van der Waals surface area contributed by atoms with Crippen LogP contribution in [0.3, 0.4) is 0 Å². The molecule has 2 saturated carbocycles. The molecule has 3 heteroatoms. The van der Waals surface area contributed by atoms with Gasteiger partial charge in [0.2, 0.25) is 0 Å². The molecule has 1 saturated heterocycles. The van der Waals surface area contributed by atoms with Crippen LogP contribution in [-0.4, -0.2) is 30.2 Å². The maximum atomic E-state index is 6.39. The van der Waals surface area contributed by atoms with E-state index in [9.17, 15) is 0 Å². The van der Waals surface area contributed by atoms with Crippen LogP contribution in [0.5, 0.6) is 0 Å². The summed E-state index contributed by atoms with van der Waals surface area (Å²) in [5.41, 5.74) is 0.277. The third-order valence-corrected chi connectivity index (χ3v) is 5.78. The van der Waals surface area contributed by atoms with Crippen molar-refractivity contribution in [2.75, 3.05) is 13.1 Å². The fourth-order valence-corrected chi connectivity index (χ4v) is 4.63. The number of rotatable bonds is 4. The topological polar surface area (TPSA) is 21.3 Å². The normalized spacial score (nSPS) is 38.1. The number of hydrogen-bond acceptors (Lipinski definition) is 2. The van der Waals surface area contributed by atoms with E-state index in [-0.39, 0.29) is 5.60 Å². The molecule has 0 aromatic carbocycles. The second kappa shape index (κ2) is 6.32. The molecule has 1 heterocycles. The van der Waals surface area contributed by atoms with Crippen LogP contribution in [0.25, 0.3) is 0 Å². The molecule has 110 valence electrons. The summed E-state index contributed by atoms with van der Waals surface area (Å²) in [4.78, 5) is 0. The number of ether oxygens (including phenoxy) is 1. The Balaban J connectivity index is 1.35. The van der Waals surface area contributed by atoms with Gasteiger partial charge in [-0.15, -0.1) is 11.6 Å². The van der Waals surface area contributed by atoms with Gasteiger partial charge in [-0.25, -0.2) is 0 Å². The molecule has 1 spiro atoms. The summed E-state index contributed by atoms with van der Waals surface area (Å²) >= 11 is 6.16. The Morgan fingerprint density at radius 3 is 2.58 bits per heavy atom. The van der Waals surface area contributed by atoms with Crippen molar-refractivity contribution in [3.05, 3.63) is 0 Å². The molecule has 1 aliphatic heterocycles. The molecule has 3 aliphatic rings. The lowest BCUT2D eigenvalue weighted by Crippen LogP contribution is -2.35. The second-order valence-electron chi connectivity index (χ2n) is 6.96. The predicted octanol–water partition coefficient (Wildman–Crippen LogP) is 3.87. The number of alkyl halides is 1. The van der Waals surface area contributed by atoms with Gasteiger partial charge >= 0.3 is 0 Å². The summed E-state index contributed by atoms with van der Waals surface area (Å²) in [6, 6.07) is 0. The van der Waals surface area contributed by atoms with Crippen molar-refractivity contribution < 1.29 is 4.74 Å². The number of halogens is 1. The van der Waals surface area contributed by atoms with Crippen molar-refractivity contribution in [3.8, 4) is 0 Å². The lowest BCUT2D eigenvalue weighted by atomic mass is 9.83. The minimum absolute atomic E-state index is 0.277. The van der Waals surface area contributed by atoms with Crippen LogP contribution in [0.4, 0.5) is 0 Å². The lowest BCUT2D eigenvalue weighted by molar-refractivity contribution is -0.0624. The molecule has 0 bridgehead atoms. The van der Waals surface area contributed by atoms with Crippen molar-refractivity contribution >= 4 is 11.6 Å². The quantitative estimate of drug-likeness (QED) is 0.792. The summed E-state index contributed by atoms with van der Waals surface area (Å²) in [7, 11) is 0. The smallest absolute Gasteiger partial charge is 0.0708 e. The summed E-state index contributed by atoms with van der Waals surface area (Å²) in [5, 5.41) is 4.06. The van der Waals surface area contributed by atoms with Crippen molar-refractivity contribution in [1.82, 2.24) is 5.32 Å². The maximum Gasteiger partial charge on any atom is 0.0708 e. The van der Waals surface area contributed by atoms with Gasteiger partial charge in [0.15, 0.2) is 0 Å². The molecule has 19 heavy (non-hydrogen) atoms. The van der Waals surface area contributed by atoms with E-state index in [1.165, 1.54) is 64.2 Å². The Hall–Kier alpha value is 0.210. The van der Waals surface area contributed by atoms with Crippen LogP contribution in [0.1, 0.15) is 64.2 Å². The van der Waals surface area contributed by atoms with Gasteiger partial charge in [-0.1, -0.05) is 19.3 Å². The average Bonchev–Trinajstić information content (AvgIpc) is 2.99. The second-order valence-corrected chi connectivity index (χ2v) is 7.57. The fraction of sp³-hybridized carbons (Fsp3) is 1.00. The molecule has 0 amide bonds. The summed E-state index contributed by atoms with van der Waals surface area (Å²) in [6.45, 7) is 2.18. The Morgan fingerprint density at radius 1 is 1.00 bits per heavy atom. The SMILES string of the molecule is ClC1CCC(CNCC2CCC3(CCCCC3)O2)C1. The van der Waals surface area contributed by atoms with Crippen molar-refractivity contribution in [1.29, 1.82) is 0 Å². The predicted molar refractivity (Wildman–Crippen MR) is 79.8 cm³/mol. The van der Waals surface area contributed by atoms with Gasteiger partial charge in [0.25, 0.3) is 0 Å². The minimum Gasteiger partial charge on any atom is -0.370 e. The fourth-order valence-electron chi connectivity index (χ4n) is 4.25. The van der Waals surface area contributed by atoms with Gasteiger partial charge in [0.1, 0.15) is 0 Å². The Bertz CT molecular complexity index is 290.